The molecule has 2 atom stereocenters. The lowest BCUT2D eigenvalue weighted by atomic mass is 9.95. The highest BCUT2D eigenvalue weighted by Crippen LogP contribution is 2.35. The Kier molecular flexibility index (Phi) is 4.12. The van der Waals surface area contributed by atoms with Crippen molar-refractivity contribution in [1.29, 1.82) is 0 Å². The van der Waals surface area contributed by atoms with E-state index in [1.165, 1.54) is 6.92 Å². The molecule has 1 aromatic carbocycles. The maximum Gasteiger partial charge on any atom is 0.307 e. The Hall–Kier alpha value is -2.24. The lowest BCUT2D eigenvalue weighted by Gasteiger charge is -2.16. The van der Waals surface area contributed by atoms with E-state index in [4.69, 9.17) is 14.6 Å². The van der Waals surface area contributed by atoms with Crippen molar-refractivity contribution < 1.29 is 24.2 Å². The van der Waals surface area contributed by atoms with Crippen molar-refractivity contribution in [1.82, 2.24) is 5.32 Å². The summed E-state index contributed by atoms with van der Waals surface area (Å²) in [4.78, 5) is 22.8. The minimum atomic E-state index is -0.981. The zero-order valence-corrected chi connectivity index (χ0v) is 11.4. The number of rotatable bonds is 5. The molecule has 0 radical (unpaired) electrons. The van der Waals surface area contributed by atoms with Crippen molar-refractivity contribution in [2.75, 3.05) is 6.79 Å². The molecule has 1 heterocycles. The van der Waals surface area contributed by atoms with E-state index < -0.39 is 17.8 Å². The molecule has 6 nitrogen and oxygen atoms in total. The van der Waals surface area contributed by atoms with Crippen molar-refractivity contribution in [2.45, 2.75) is 20.4 Å². The Bertz CT molecular complexity index is 528. The number of nitrogens with one attached hydrogen (secondary N) is 1. The molecule has 0 saturated carbocycles. The van der Waals surface area contributed by atoms with Crippen molar-refractivity contribution >= 4 is 11.9 Å². The van der Waals surface area contributed by atoms with Gasteiger partial charge < -0.3 is 19.9 Å². The molecule has 0 fully saturated rings. The Morgan fingerprint density at radius 3 is 2.75 bits per heavy atom. The standard InChI is InChI=1S/C14H17NO5/c1-8(9(2)14(17)18)13(16)15-6-10-4-3-5-11-12(10)20-7-19-11/h3-5,8-9H,6-7H2,1-2H3,(H,15,16)(H,17,18). The summed E-state index contributed by atoms with van der Waals surface area (Å²) in [6.07, 6.45) is 0. The van der Waals surface area contributed by atoms with Gasteiger partial charge in [-0.15, -0.1) is 0 Å². The van der Waals surface area contributed by atoms with E-state index in [0.29, 0.717) is 11.5 Å². The smallest absolute Gasteiger partial charge is 0.307 e. The van der Waals surface area contributed by atoms with Gasteiger partial charge in [-0.2, -0.15) is 0 Å². The zero-order valence-electron chi connectivity index (χ0n) is 11.4. The fourth-order valence-electron chi connectivity index (χ4n) is 1.91. The molecule has 2 N–H and O–H groups in total. The van der Waals surface area contributed by atoms with Gasteiger partial charge in [0.05, 0.1) is 5.92 Å². The van der Waals surface area contributed by atoms with E-state index in [9.17, 15) is 9.59 Å². The van der Waals surface area contributed by atoms with E-state index in [-0.39, 0.29) is 19.2 Å². The second-order valence-corrected chi connectivity index (χ2v) is 4.78. The van der Waals surface area contributed by atoms with Crippen molar-refractivity contribution in [3.63, 3.8) is 0 Å². The van der Waals surface area contributed by atoms with Gasteiger partial charge >= 0.3 is 5.97 Å². The number of benzene rings is 1. The summed E-state index contributed by atoms with van der Waals surface area (Å²) in [5.74, 6) is -1.31. The summed E-state index contributed by atoms with van der Waals surface area (Å²) < 4.78 is 10.6. The molecule has 1 aliphatic heterocycles. The number of carboxylic acid groups (broad SMARTS) is 1. The average molecular weight is 279 g/mol. The van der Waals surface area contributed by atoms with Gasteiger partial charge in [-0.3, -0.25) is 9.59 Å². The lowest BCUT2D eigenvalue weighted by Crippen LogP contribution is -2.34. The number of ether oxygens (including phenoxy) is 2. The number of aliphatic carboxylic acids is 1. The molecule has 0 bridgehead atoms. The number of para-hydroxylation sites is 1. The van der Waals surface area contributed by atoms with Crippen LogP contribution in [0.5, 0.6) is 11.5 Å². The summed E-state index contributed by atoms with van der Waals surface area (Å²) in [6, 6.07) is 5.44. The molecule has 6 heteroatoms. The third kappa shape index (κ3) is 2.84. The largest absolute Gasteiger partial charge is 0.481 e. The minimum Gasteiger partial charge on any atom is -0.481 e. The Morgan fingerprint density at radius 1 is 1.30 bits per heavy atom. The fraction of sp³-hybridized carbons (Fsp3) is 0.429. The summed E-state index contributed by atoms with van der Waals surface area (Å²) in [7, 11) is 0. The number of hydrogen-bond acceptors (Lipinski definition) is 4. The highest BCUT2D eigenvalue weighted by molar-refractivity contribution is 5.84. The monoisotopic (exact) mass is 279 g/mol. The van der Waals surface area contributed by atoms with Crippen LogP contribution < -0.4 is 14.8 Å². The molecule has 0 saturated heterocycles. The third-order valence-corrected chi connectivity index (χ3v) is 3.48. The molecule has 2 rings (SSSR count). The fourth-order valence-corrected chi connectivity index (χ4v) is 1.91. The topological polar surface area (TPSA) is 84.9 Å². The van der Waals surface area contributed by atoms with Crippen LogP contribution in [0.15, 0.2) is 18.2 Å². The predicted molar refractivity (Wildman–Crippen MR) is 70.4 cm³/mol. The van der Waals surface area contributed by atoms with Gasteiger partial charge in [-0.1, -0.05) is 26.0 Å². The Morgan fingerprint density at radius 2 is 2.05 bits per heavy atom. The first kappa shape index (κ1) is 14.2. The first-order valence-corrected chi connectivity index (χ1v) is 6.38. The van der Waals surface area contributed by atoms with Gasteiger partial charge in [0, 0.05) is 18.0 Å². The van der Waals surface area contributed by atoms with Crippen LogP contribution >= 0.6 is 0 Å². The van der Waals surface area contributed by atoms with Crippen molar-refractivity contribution in [3.05, 3.63) is 23.8 Å². The predicted octanol–water partition coefficient (Wildman–Crippen LogP) is 1.39. The van der Waals surface area contributed by atoms with Gasteiger partial charge in [0.2, 0.25) is 12.7 Å². The SMILES string of the molecule is CC(C(=O)O)C(C)C(=O)NCc1cccc2c1OCO2. The molecule has 1 amide bonds. The molecule has 1 aliphatic rings. The summed E-state index contributed by atoms with van der Waals surface area (Å²) in [6.45, 7) is 3.57. The molecule has 1 aromatic rings. The number of carbonyl (C=O) groups excluding carboxylic acids is 1. The second-order valence-electron chi connectivity index (χ2n) is 4.78. The molecule has 0 spiro atoms. The minimum absolute atomic E-state index is 0.173. The average Bonchev–Trinajstić information content (AvgIpc) is 2.91. The van der Waals surface area contributed by atoms with Crippen LogP contribution in [-0.2, 0) is 16.1 Å². The zero-order chi connectivity index (χ0) is 14.7. The van der Waals surface area contributed by atoms with Gasteiger partial charge in [0.25, 0.3) is 0 Å². The highest BCUT2D eigenvalue weighted by Gasteiger charge is 2.26. The van der Waals surface area contributed by atoms with Gasteiger partial charge in [-0.25, -0.2) is 0 Å². The van der Waals surface area contributed by atoms with Gasteiger partial charge in [0.1, 0.15) is 0 Å². The van der Waals surface area contributed by atoms with Gasteiger partial charge in [0.15, 0.2) is 11.5 Å². The molecular formula is C14H17NO5. The summed E-state index contributed by atoms with van der Waals surface area (Å²) in [5.41, 5.74) is 0.809. The van der Waals surface area contributed by atoms with E-state index in [1.54, 1.807) is 13.0 Å². The number of hydrogen-bond donors (Lipinski definition) is 2. The molecule has 108 valence electrons. The second kappa shape index (κ2) is 5.81. The highest BCUT2D eigenvalue weighted by atomic mass is 16.7. The van der Waals surface area contributed by atoms with Crippen LogP contribution in [0.3, 0.4) is 0 Å². The summed E-state index contributed by atoms with van der Waals surface area (Å²) in [5, 5.41) is 11.6. The molecule has 0 aliphatic carbocycles. The van der Waals surface area contributed by atoms with Crippen LogP contribution in [0.4, 0.5) is 0 Å². The van der Waals surface area contributed by atoms with E-state index in [2.05, 4.69) is 5.32 Å². The van der Waals surface area contributed by atoms with Crippen LogP contribution in [0.1, 0.15) is 19.4 Å². The van der Waals surface area contributed by atoms with E-state index in [0.717, 1.165) is 5.56 Å². The Labute approximate surface area is 116 Å². The number of fused-ring (bicyclic) bond motifs is 1. The van der Waals surface area contributed by atoms with Gasteiger partial charge in [-0.05, 0) is 6.07 Å². The molecule has 20 heavy (non-hydrogen) atoms. The number of amides is 1. The molecular weight excluding hydrogens is 262 g/mol. The molecule has 0 aromatic heterocycles. The molecule has 2 unspecified atom stereocenters. The van der Waals surface area contributed by atoms with E-state index >= 15 is 0 Å². The third-order valence-electron chi connectivity index (χ3n) is 3.48. The normalized spacial score (nSPS) is 15.5. The van der Waals surface area contributed by atoms with E-state index in [1.807, 2.05) is 12.1 Å². The first-order chi connectivity index (χ1) is 9.50. The quantitative estimate of drug-likeness (QED) is 0.850. The maximum absolute atomic E-state index is 11.9. The van der Waals surface area contributed by atoms with Crippen LogP contribution in [-0.4, -0.2) is 23.8 Å². The number of carbonyl (C=O) groups is 2. The maximum atomic E-state index is 11.9. The lowest BCUT2D eigenvalue weighted by molar-refractivity contribution is -0.146. The summed E-state index contributed by atoms with van der Waals surface area (Å²) >= 11 is 0. The van der Waals surface area contributed by atoms with Crippen LogP contribution in [0.25, 0.3) is 0 Å². The van der Waals surface area contributed by atoms with Crippen molar-refractivity contribution in [3.8, 4) is 11.5 Å². The van der Waals surface area contributed by atoms with Crippen molar-refractivity contribution in [2.24, 2.45) is 11.8 Å². The number of carboxylic acids is 1. The van der Waals surface area contributed by atoms with Crippen LogP contribution in [0, 0.1) is 11.8 Å². The Balaban J connectivity index is 1.97. The van der Waals surface area contributed by atoms with Crippen LogP contribution in [0.2, 0.25) is 0 Å². The first-order valence-electron chi connectivity index (χ1n) is 6.38.